The molecular weight excluding hydrogens is 368 g/mol. The molecule has 0 bridgehead atoms. The predicted molar refractivity (Wildman–Crippen MR) is 112 cm³/mol. The van der Waals surface area contributed by atoms with E-state index in [1.165, 1.54) is 6.08 Å². The van der Waals surface area contributed by atoms with Crippen molar-refractivity contribution in [3.05, 3.63) is 71.8 Å². The molecular formula is C23H24N2O4. The number of para-hydroxylation sites is 1. The fourth-order valence-electron chi connectivity index (χ4n) is 2.64. The number of nitriles is 1. The summed E-state index contributed by atoms with van der Waals surface area (Å²) in [6.45, 7) is 4.33. The average Bonchev–Trinajstić information content (AvgIpc) is 2.76. The monoisotopic (exact) mass is 392 g/mol. The molecule has 0 aromatic heterocycles. The summed E-state index contributed by atoms with van der Waals surface area (Å²) in [7, 11) is 3.15. The van der Waals surface area contributed by atoms with Crippen molar-refractivity contribution < 1.29 is 19.0 Å². The van der Waals surface area contributed by atoms with Crippen LogP contribution in [0, 0.1) is 11.3 Å². The van der Waals surface area contributed by atoms with E-state index in [9.17, 15) is 10.1 Å². The fraction of sp³-hybridized carbons (Fsp3) is 0.217. The Morgan fingerprint density at radius 1 is 1.14 bits per heavy atom. The van der Waals surface area contributed by atoms with E-state index < -0.39 is 5.91 Å². The van der Waals surface area contributed by atoms with Crippen LogP contribution in [0.2, 0.25) is 0 Å². The second kappa shape index (κ2) is 11.2. The molecule has 0 saturated carbocycles. The van der Waals surface area contributed by atoms with Gasteiger partial charge in [-0.2, -0.15) is 5.26 Å². The summed E-state index contributed by atoms with van der Waals surface area (Å²) < 4.78 is 16.1. The largest absolute Gasteiger partial charge is 0.493 e. The molecule has 6 heteroatoms. The lowest BCUT2D eigenvalue weighted by molar-refractivity contribution is -0.117. The fourth-order valence-corrected chi connectivity index (χ4v) is 2.64. The molecule has 0 saturated heterocycles. The summed E-state index contributed by atoms with van der Waals surface area (Å²) in [5.41, 5.74) is 1.64. The van der Waals surface area contributed by atoms with Crippen LogP contribution < -0.4 is 19.5 Å². The van der Waals surface area contributed by atoms with Gasteiger partial charge in [-0.3, -0.25) is 4.79 Å². The van der Waals surface area contributed by atoms with E-state index >= 15 is 0 Å². The highest BCUT2D eigenvalue weighted by molar-refractivity contribution is 6.01. The molecule has 0 atom stereocenters. The molecule has 2 aromatic carbocycles. The summed E-state index contributed by atoms with van der Waals surface area (Å²) in [6, 6.07) is 14.7. The number of nitrogens with one attached hydrogen (secondary N) is 1. The molecule has 0 aliphatic carbocycles. The number of carbonyl (C=O) groups is 1. The first-order chi connectivity index (χ1) is 14.1. The maximum atomic E-state index is 12.4. The Labute approximate surface area is 171 Å². The molecule has 2 aromatic rings. The van der Waals surface area contributed by atoms with E-state index in [-0.39, 0.29) is 5.57 Å². The number of benzene rings is 2. The van der Waals surface area contributed by atoms with Gasteiger partial charge in [0.15, 0.2) is 11.5 Å². The van der Waals surface area contributed by atoms with Crippen molar-refractivity contribution in [3.8, 4) is 23.3 Å². The van der Waals surface area contributed by atoms with Gasteiger partial charge in [0.1, 0.15) is 24.0 Å². The number of rotatable bonds is 10. The summed E-state index contributed by atoms with van der Waals surface area (Å²) in [4.78, 5) is 12.4. The lowest BCUT2D eigenvalue weighted by Crippen LogP contribution is -2.26. The Morgan fingerprint density at radius 2 is 1.90 bits per heavy atom. The minimum absolute atomic E-state index is 0.00645. The highest BCUT2D eigenvalue weighted by atomic mass is 16.5. The van der Waals surface area contributed by atoms with Crippen LogP contribution in [0.15, 0.2) is 60.7 Å². The van der Waals surface area contributed by atoms with E-state index in [0.717, 1.165) is 5.56 Å². The summed E-state index contributed by atoms with van der Waals surface area (Å²) in [5.74, 6) is 1.42. The van der Waals surface area contributed by atoms with Crippen LogP contribution in [0.4, 0.5) is 0 Å². The Balaban J connectivity index is 2.03. The molecule has 0 fully saturated rings. The van der Waals surface area contributed by atoms with E-state index in [1.807, 2.05) is 36.4 Å². The average molecular weight is 392 g/mol. The normalized spacial score (nSPS) is 10.6. The first kappa shape index (κ1) is 21.6. The Hall–Kier alpha value is -3.72. The highest BCUT2D eigenvalue weighted by Gasteiger charge is 2.11. The number of ether oxygens (including phenoxy) is 3. The van der Waals surface area contributed by atoms with Gasteiger partial charge in [0.25, 0.3) is 5.91 Å². The number of amides is 1. The first-order valence-corrected chi connectivity index (χ1v) is 9.06. The summed E-state index contributed by atoms with van der Waals surface area (Å²) in [6.07, 6.45) is 3.74. The molecule has 2 rings (SSSR count). The van der Waals surface area contributed by atoms with Crippen LogP contribution in [0.5, 0.6) is 17.2 Å². The van der Waals surface area contributed by atoms with E-state index in [2.05, 4.69) is 11.9 Å². The zero-order valence-corrected chi connectivity index (χ0v) is 16.6. The molecule has 150 valence electrons. The molecule has 6 nitrogen and oxygen atoms in total. The van der Waals surface area contributed by atoms with Crippen LogP contribution in [-0.4, -0.2) is 33.3 Å². The van der Waals surface area contributed by atoms with Crippen molar-refractivity contribution in [3.63, 3.8) is 0 Å². The van der Waals surface area contributed by atoms with Gasteiger partial charge in [-0.1, -0.05) is 36.9 Å². The Kier molecular flexibility index (Phi) is 8.33. The molecule has 1 N–H and O–H groups in total. The highest BCUT2D eigenvalue weighted by Crippen LogP contribution is 2.27. The maximum absolute atomic E-state index is 12.4. The van der Waals surface area contributed by atoms with E-state index in [0.29, 0.717) is 42.4 Å². The molecule has 0 radical (unpaired) electrons. The first-order valence-electron chi connectivity index (χ1n) is 9.06. The van der Waals surface area contributed by atoms with Gasteiger partial charge in [0.2, 0.25) is 0 Å². The van der Waals surface area contributed by atoms with E-state index in [1.54, 1.807) is 32.4 Å². The standard InChI is InChI=1S/C23H24N2O4/c1-4-13-29-20-8-6-5-7-18(20)15-19(16-24)23(26)25-12-11-17-9-10-21(27-2)22(14-17)28-3/h4-10,14-15H,1,11-13H2,2-3H3,(H,25,26)/b19-15+. The molecule has 0 heterocycles. The molecule has 0 aliphatic heterocycles. The topological polar surface area (TPSA) is 80.6 Å². The smallest absolute Gasteiger partial charge is 0.261 e. The van der Waals surface area contributed by atoms with Crippen molar-refractivity contribution in [2.24, 2.45) is 0 Å². The zero-order chi connectivity index (χ0) is 21.1. The van der Waals surface area contributed by atoms with Crippen molar-refractivity contribution in [1.29, 1.82) is 5.26 Å². The molecule has 0 aliphatic rings. The lowest BCUT2D eigenvalue weighted by Gasteiger charge is -2.10. The summed E-state index contributed by atoms with van der Waals surface area (Å²) in [5, 5.41) is 12.2. The number of methoxy groups -OCH3 is 2. The van der Waals surface area contributed by atoms with Gasteiger partial charge in [-0.25, -0.2) is 0 Å². The predicted octanol–water partition coefficient (Wildman–Crippen LogP) is 3.53. The van der Waals surface area contributed by atoms with Crippen LogP contribution in [0.3, 0.4) is 0 Å². The molecule has 0 spiro atoms. The third kappa shape index (κ3) is 6.15. The van der Waals surface area contributed by atoms with Crippen LogP contribution >= 0.6 is 0 Å². The van der Waals surface area contributed by atoms with Crippen LogP contribution in [-0.2, 0) is 11.2 Å². The quantitative estimate of drug-likeness (QED) is 0.380. The van der Waals surface area contributed by atoms with Gasteiger partial charge in [-0.05, 0) is 36.3 Å². The van der Waals surface area contributed by atoms with Crippen molar-refractivity contribution in [1.82, 2.24) is 5.32 Å². The van der Waals surface area contributed by atoms with Gasteiger partial charge < -0.3 is 19.5 Å². The van der Waals surface area contributed by atoms with Crippen LogP contribution in [0.1, 0.15) is 11.1 Å². The Morgan fingerprint density at radius 3 is 2.59 bits per heavy atom. The molecule has 29 heavy (non-hydrogen) atoms. The third-order valence-corrected chi connectivity index (χ3v) is 4.09. The maximum Gasteiger partial charge on any atom is 0.261 e. The zero-order valence-electron chi connectivity index (χ0n) is 16.6. The van der Waals surface area contributed by atoms with Gasteiger partial charge in [0.05, 0.1) is 14.2 Å². The Bertz CT molecular complexity index is 929. The van der Waals surface area contributed by atoms with Crippen LogP contribution in [0.25, 0.3) is 6.08 Å². The SMILES string of the molecule is C=CCOc1ccccc1/C=C(\C#N)C(=O)NCCc1ccc(OC)c(OC)c1. The second-order valence-corrected chi connectivity index (χ2v) is 6.00. The lowest BCUT2D eigenvalue weighted by atomic mass is 10.1. The molecule has 0 unspecified atom stereocenters. The summed E-state index contributed by atoms with van der Waals surface area (Å²) >= 11 is 0. The minimum atomic E-state index is -0.438. The van der Waals surface area contributed by atoms with Gasteiger partial charge >= 0.3 is 0 Å². The van der Waals surface area contributed by atoms with Crippen molar-refractivity contribution in [2.75, 3.05) is 27.4 Å². The number of hydrogen-bond acceptors (Lipinski definition) is 5. The van der Waals surface area contributed by atoms with Gasteiger partial charge in [-0.15, -0.1) is 0 Å². The second-order valence-electron chi connectivity index (χ2n) is 6.00. The minimum Gasteiger partial charge on any atom is -0.493 e. The number of hydrogen-bond donors (Lipinski definition) is 1. The van der Waals surface area contributed by atoms with Gasteiger partial charge in [0, 0.05) is 12.1 Å². The van der Waals surface area contributed by atoms with E-state index in [4.69, 9.17) is 14.2 Å². The number of nitrogens with zero attached hydrogens (tertiary/aromatic N) is 1. The molecule has 1 amide bonds. The third-order valence-electron chi connectivity index (χ3n) is 4.09. The van der Waals surface area contributed by atoms with Crippen molar-refractivity contribution >= 4 is 12.0 Å². The van der Waals surface area contributed by atoms with Crippen molar-refractivity contribution in [2.45, 2.75) is 6.42 Å². The number of carbonyl (C=O) groups excluding carboxylic acids is 1.